The van der Waals surface area contributed by atoms with Crippen LogP contribution in [0.15, 0.2) is 0 Å². The van der Waals surface area contributed by atoms with Crippen LogP contribution in [-0.2, 0) is 14.4 Å². The van der Waals surface area contributed by atoms with E-state index in [1.807, 2.05) is 13.8 Å². The number of hydrogen-bond donors (Lipinski definition) is 4. The van der Waals surface area contributed by atoms with Crippen LogP contribution in [0.1, 0.15) is 40.0 Å². The summed E-state index contributed by atoms with van der Waals surface area (Å²) in [6.07, 6.45) is 0.311. The van der Waals surface area contributed by atoms with E-state index in [1.165, 1.54) is 11.8 Å². The van der Waals surface area contributed by atoms with Crippen molar-refractivity contribution in [1.29, 1.82) is 0 Å². The van der Waals surface area contributed by atoms with Crippen molar-refractivity contribution in [1.82, 2.24) is 10.2 Å². The fourth-order valence-electron chi connectivity index (χ4n) is 2.71. The second kappa shape index (κ2) is 8.26. The van der Waals surface area contributed by atoms with Gasteiger partial charge in [0.25, 0.3) is 5.91 Å². The number of carbonyl (C=O) groups excluding carboxylic acids is 3. The van der Waals surface area contributed by atoms with E-state index in [-0.39, 0.29) is 5.92 Å². The molecule has 0 aromatic carbocycles. The average Bonchev–Trinajstić information content (AvgIpc) is 2.94. The molecule has 0 unspecified atom stereocenters. The number of aliphatic hydroxyl groups is 1. The van der Waals surface area contributed by atoms with Crippen molar-refractivity contribution in [2.45, 2.75) is 64.3 Å². The molecule has 1 rings (SSSR count). The van der Waals surface area contributed by atoms with Crippen molar-refractivity contribution < 1.29 is 19.5 Å². The highest BCUT2D eigenvalue weighted by Gasteiger charge is 2.38. The third-order valence-corrected chi connectivity index (χ3v) is 4.03. The van der Waals surface area contributed by atoms with Crippen LogP contribution in [0, 0.1) is 5.92 Å². The summed E-state index contributed by atoms with van der Waals surface area (Å²) < 4.78 is 0. The van der Waals surface area contributed by atoms with E-state index in [0.29, 0.717) is 25.8 Å². The third kappa shape index (κ3) is 5.18. The van der Waals surface area contributed by atoms with Crippen LogP contribution in [0.3, 0.4) is 0 Å². The molecule has 132 valence electrons. The number of rotatable bonds is 7. The Labute approximate surface area is 136 Å². The van der Waals surface area contributed by atoms with Gasteiger partial charge in [-0.15, -0.1) is 0 Å². The molecule has 0 aliphatic carbocycles. The number of nitrogens with one attached hydrogen (secondary N) is 1. The van der Waals surface area contributed by atoms with Gasteiger partial charge in [-0.3, -0.25) is 14.4 Å². The second-order valence-corrected chi connectivity index (χ2v) is 6.56. The Kier molecular flexibility index (Phi) is 6.96. The molecule has 0 aromatic rings. The summed E-state index contributed by atoms with van der Waals surface area (Å²) in [7, 11) is 0. The van der Waals surface area contributed by atoms with Gasteiger partial charge in [0.1, 0.15) is 18.2 Å². The van der Waals surface area contributed by atoms with Gasteiger partial charge >= 0.3 is 0 Å². The highest BCUT2D eigenvalue weighted by atomic mass is 16.3. The standard InChI is InChI=1S/C15H28N4O4/c1-8(2)7-10(16)12(20)15(23)19-6-4-5-11(19)14(22)18-9(3)13(17)21/h8-12,20H,4-7,16H2,1-3H3,(H2,17,21)(H,18,22)/t9-,10+,11-,12-/m0/s1. The normalized spacial score (nSPS) is 21.8. The molecule has 1 aliphatic heterocycles. The lowest BCUT2D eigenvalue weighted by Gasteiger charge is -2.29. The van der Waals surface area contributed by atoms with Crippen LogP contribution in [-0.4, -0.2) is 58.5 Å². The number of nitrogens with zero attached hydrogens (tertiary/aromatic N) is 1. The van der Waals surface area contributed by atoms with Crippen molar-refractivity contribution in [2.24, 2.45) is 17.4 Å². The highest BCUT2D eigenvalue weighted by Crippen LogP contribution is 2.20. The Balaban J connectivity index is 2.72. The fourth-order valence-corrected chi connectivity index (χ4v) is 2.71. The minimum Gasteiger partial charge on any atom is -0.382 e. The largest absolute Gasteiger partial charge is 0.382 e. The molecule has 6 N–H and O–H groups in total. The molecule has 3 amide bonds. The minimum absolute atomic E-state index is 0.251. The lowest BCUT2D eigenvalue weighted by Crippen LogP contribution is -2.55. The minimum atomic E-state index is -1.33. The van der Waals surface area contributed by atoms with Gasteiger partial charge in [0.15, 0.2) is 0 Å². The monoisotopic (exact) mass is 328 g/mol. The molecular formula is C15H28N4O4. The van der Waals surface area contributed by atoms with Crippen molar-refractivity contribution in [2.75, 3.05) is 6.54 Å². The molecule has 0 spiro atoms. The molecule has 1 saturated heterocycles. The number of nitrogens with two attached hydrogens (primary N) is 2. The van der Waals surface area contributed by atoms with Crippen LogP contribution in [0.5, 0.6) is 0 Å². The molecule has 0 aromatic heterocycles. The lowest BCUT2D eigenvalue weighted by molar-refractivity contribution is -0.146. The van der Waals surface area contributed by atoms with E-state index in [1.54, 1.807) is 0 Å². The Morgan fingerprint density at radius 1 is 1.30 bits per heavy atom. The molecule has 8 nitrogen and oxygen atoms in total. The zero-order valence-electron chi connectivity index (χ0n) is 14.0. The zero-order chi connectivity index (χ0) is 17.7. The summed E-state index contributed by atoms with van der Waals surface area (Å²) in [6.45, 7) is 5.77. The van der Waals surface area contributed by atoms with Gasteiger partial charge < -0.3 is 26.8 Å². The van der Waals surface area contributed by atoms with E-state index >= 15 is 0 Å². The predicted octanol–water partition coefficient (Wildman–Crippen LogP) is -1.30. The number of likely N-dealkylation sites (tertiary alicyclic amines) is 1. The Bertz CT molecular complexity index is 455. The van der Waals surface area contributed by atoms with Crippen LogP contribution >= 0.6 is 0 Å². The first-order chi connectivity index (χ1) is 10.6. The van der Waals surface area contributed by atoms with E-state index in [4.69, 9.17) is 11.5 Å². The number of primary amides is 1. The van der Waals surface area contributed by atoms with Crippen LogP contribution in [0.4, 0.5) is 0 Å². The summed E-state index contributed by atoms with van der Waals surface area (Å²) in [4.78, 5) is 37.0. The van der Waals surface area contributed by atoms with E-state index in [2.05, 4.69) is 5.32 Å². The summed E-state index contributed by atoms with van der Waals surface area (Å²) in [5, 5.41) is 12.6. The molecule has 23 heavy (non-hydrogen) atoms. The lowest BCUT2D eigenvalue weighted by atomic mass is 9.99. The highest BCUT2D eigenvalue weighted by molar-refractivity contribution is 5.92. The maximum atomic E-state index is 12.4. The molecule has 0 bridgehead atoms. The maximum Gasteiger partial charge on any atom is 0.253 e. The molecule has 8 heteroatoms. The van der Waals surface area contributed by atoms with Crippen molar-refractivity contribution >= 4 is 17.7 Å². The second-order valence-electron chi connectivity index (χ2n) is 6.56. The number of hydrogen-bond acceptors (Lipinski definition) is 5. The molecule has 0 saturated carbocycles. The first kappa shape index (κ1) is 19.4. The average molecular weight is 328 g/mol. The topological polar surface area (TPSA) is 139 Å². The summed E-state index contributed by atoms with van der Waals surface area (Å²) >= 11 is 0. The van der Waals surface area contributed by atoms with Gasteiger partial charge in [-0.1, -0.05) is 13.8 Å². The van der Waals surface area contributed by atoms with Crippen LogP contribution < -0.4 is 16.8 Å². The summed E-state index contributed by atoms with van der Waals surface area (Å²) in [6, 6.07) is -2.19. The van der Waals surface area contributed by atoms with E-state index in [9.17, 15) is 19.5 Å². The van der Waals surface area contributed by atoms with Crippen molar-refractivity contribution in [3.05, 3.63) is 0 Å². The van der Waals surface area contributed by atoms with E-state index < -0.39 is 42.0 Å². The molecular weight excluding hydrogens is 300 g/mol. The smallest absolute Gasteiger partial charge is 0.253 e. The predicted molar refractivity (Wildman–Crippen MR) is 85.0 cm³/mol. The van der Waals surface area contributed by atoms with Crippen LogP contribution in [0.25, 0.3) is 0 Å². The number of aliphatic hydroxyl groups excluding tert-OH is 1. The molecule has 1 fully saturated rings. The molecule has 1 aliphatic rings. The molecule has 1 heterocycles. The Hall–Kier alpha value is -1.67. The fraction of sp³-hybridized carbons (Fsp3) is 0.800. The van der Waals surface area contributed by atoms with Crippen molar-refractivity contribution in [3.8, 4) is 0 Å². The number of amides is 3. The summed E-state index contributed by atoms with van der Waals surface area (Å²) in [5.41, 5.74) is 11.0. The Morgan fingerprint density at radius 2 is 1.91 bits per heavy atom. The zero-order valence-corrected chi connectivity index (χ0v) is 14.0. The van der Waals surface area contributed by atoms with Gasteiger partial charge in [-0.2, -0.15) is 0 Å². The van der Waals surface area contributed by atoms with Crippen LogP contribution in [0.2, 0.25) is 0 Å². The van der Waals surface area contributed by atoms with Gasteiger partial charge in [0.2, 0.25) is 11.8 Å². The molecule has 4 atom stereocenters. The van der Waals surface area contributed by atoms with E-state index in [0.717, 1.165) is 0 Å². The van der Waals surface area contributed by atoms with Gasteiger partial charge in [0.05, 0.1) is 0 Å². The number of carbonyl (C=O) groups is 3. The van der Waals surface area contributed by atoms with Gasteiger partial charge in [-0.25, -0.2) is 0 Å². The quantitative estimate of drug-likeness (QED) is 0.460. The van der Waals surface area contributed by atoms with Crippen molar-refractivity contribution in [3.63, 3.8) is 0 Å². The molecule has 0 radical (unpaired) electrons. The van der Waals surface area contributed by atoms with Gasteiger partial charge in [-0.05, 0) is 32.1 Å². The SMILES string of the molecule is CC(C)C[C@@H](N)[C@H](O)C(=O)N1CCC[C@H]1C(=O)N[C@@H](C)C(N)=O. The first-order valence-electron chi connectivity index (χ1n) is 7.99. The Morgan fingerprint density at radius 3 is 2.43 bits per heavy atom. The summed E-state index contributed by atoms with van der Waals surface area (Å²) in [5.74, 6) is -1.37. The third-order valence-electron chi connectivity index (χ3n) is 4.03. The van der Waals surface area contributed by atoms with Gasteiger partial charge in [0, 0.05) is 12.6 Å². The maximum absolute atomic E-state index is 12.4. The first-order valence-corrected chi connectivity index (χ1v) is 7.99.